The molecule has 124 valence electrons. The standard InChI is InChI=1S/C17H21N7/c1-19-16-12-6-5-11(9-14(12)22-23-16)13-10-15(21-17(18)20-13)24-7-3-2-4-8-24/h5-6,9-10H,2-4,7-8H2,1H3,(H2,18,20,21)(H2,19,22,23). The maximum absolute atomic E-state index is 5.96. The number of nitrogen functional groups attached to an aromatic ring is 1. The highest BCUT2D eigenvalue weighted by Crippen LogP contribution is 2.28. The molecule has 3 aromatic rings. The average Bonchev–Trinajstić information content (AvgIpc) is 3.04. The molecule has 0 spiro atoms. The van der Waals surface area contributed by atoms with Crippen LogP contribution in [-0.4, -0.2) is 40.3 Å². The highest BCUT2D eigenvalue weighted by atomic mass is 15.2. The molecule has 1 saturated heterocycles. The number of H-pyrrole nitrogens is 1. The van der Waals surface area contributed by atoms with Crippen LogP contribution in [-0.2, 0) is 0 Å². The summed E-state index contributed by atoms with van der Waals surface area (Å²) in [4.78, 5) is 11.1. The summed E-state index contributed by atoms with van der Waals surface area (Å²) in [6, 6.07) is 8.16. The van der Waals surface area contributed by atoms with Crippen molar-refractivity contribution in [1.82, 2.24) is 20.2 Å². The van der Waals surface area contributed by atoms with Crippen LogP contribution in [0.4, 0.5) is 17.6 Å². The Labute approximate surface area is 140 Å². The molecule has 1 fully saturated rings. The van der Waals surface area contributed by atoms with E-state index >= 15 is 0 Å². The molecule has 7 heteroatoms. The van der Waals surface area contributed by atoms with Crippen LogP contribution >= 0.6 is 0 Å². The Morgan fingerprint density at radius 3 is 2.75 bits per heavy atom. The zero-order valence-corrected chi connectivity index (χ0v) is 13.7. The molecule has 3 heterocycles. The molecule has 2 aromatic heterocycles. The molecule has 1 aliphatic rings. The molecule has 0 radical (unpaired) electrons. The lowest BCUT2D eigenvalue weighted by atomic mass is 10.1. The Morgan fingerprint density at radius 2 is 1.96 bits per heavy atom. The minimum absolute atomic E-state index is 0.314. The monoisotopic (exact) mass is 323 g/mol. The number of aromatic nitrogens is 4. The number of piperidine rings is 1. The third-order valence-electron chi connectivity index (χ3n) is 4.51. The van der Waals surface area contributed by atoms with Crippen molar-refractivity contribution < 1.29 is 0 Å². The van der Waals surface area contributed by atoms with Gasteiger partial charge in [0.2, 0.25) is 5.95 Å². The number of fused-ring (bicyclic) bond motifs is 1. The molecule has 0 aliphatic carbocycles. The Balaban J connectivity index is 1.74. The lowest BCUT2D eigenvalue weighted by Gasteiger charge is -2.28. The number of nitrogens with one attached hydrogen (secondary N) is 2. The molecule has 0 saturated carbocycles. The van der Waals surface area contributed by atoms with Gasteiger partial charge in [-0.15, -0.1) is 0 Å². The number of nitrogens with two attached hydrogens (primary N) is 1. The van der Waals surface area contributed by atoms with Crippen molar-refractivity contribution in [2.75, 3.05) is 36.1 Å². The van der Waals surface area contributed by atoms with E-state index in [2.05, 4.69) is 30.4 Å². The number of aromatic amines is 1. The van der Waals surface area contributed by atoms with Crippen LogP contribution in [0, 0.1) is 0 Å². The predicted octanol–water partition coefficient (Wildman–Crippen LogP) is 2.63. The molecule has 7 nitrogen and oxygen atoms in total. The van der Waals surface area contributed by atoms with Gasteiger partial charge in [-0.05, 0) is 31.4 Å². The third-order valence-corrected chi connectivity index (χ3v) is 4.51. The van der Waals surface area contributed by atoms with E-state index in [1.807, 2.05) is 31.3 Å². The summed E-state index contributed by atoms with van der Waals surface area (Å²) >= 11 is 0. The number of hydrogen-bond donors (Lipinski definition) is 3. The predicted molar refractivity (Wildman–Crippen MR) is 97.1 cm³/mol. The second-order valence-electron chi connectivity index (χ2n) is 6.10. The van der Waals surface area contributed by atoms with Crippen LogP contribution in [0.3, 0.4) is 0 Å². The highest BCUT2D eigenvalue weighted by Gasteiger charge is 2.15. The van der Waals surface area contributed by atoms with Gasteiger partial charge in [-0.3, -0.25) is 5.10 Å². The lowest BCUT2D eigenvalue weighted by molar-refractivity contribution is 0.573. The third kappa shape index (κ3) is 2.62. The van der Waals surface area contributed by atoms with Crippen molar-refractivity contribution in [2.24, 2.45) is 0 Å². The molecule has 4 N–H and O–H groups in total. The van der Waals surface area contributed by atoms with Crippen LogP contribution in [0.25, 0.3) is 22.2 Å². The minimum Gasteiger partial charge on any atom is -0.371 e. The maximum atomic E-state index is 5.96. The summed E-state index contributed by atoms with van der Waals surface area (Å²) < 4.78 is 0. The SMILES string of the molecule is CNc1n[nH]c2cc(-c3cc(N4CCCCC4)nc(N)n3)ccc12. The largest absolute Gasteiger partial charge is 0.371 e. The van der Waals surface area contributed by atoms with Gasteiger partial charge in [0.05, 0.1) is 11.2 Å². The molecule has 0 amide bonds. The highest BCUT2D eigenvalue weighted by molar-refractivity contribution is 5.92. The minimum atomic E-state index is 0.314. The van der Waals surface area contributed by atoms with Crippen molar-refractivity contribution in [3.05, 3.63) is 24.3 Å². The van der Waals surface area contributed by atoms with Crippen molar-refractivity contribution >= 4 is 28.5 Å². The number of nitrogens with zero attached hydrogens (tertiary/aromatic N) is 4. The quantitative estimate of drug-likeness (QED) is 0.686. The Kier molecular flexibility index (Phi) is 3.68. The van der Waals surface area contributed by atoms with Gasteiger partial charge < -0.3 is 16.0 Å². The van der Waals surface area contributed by atoms with E-state index in [1.54, 1.807) is 0 Å². The summed E-state index contributed by atoms with van der Waals surface area (Å²) in [5.74, 6) is 2.07. The van der Waals surface area contributed by atoms with Crippen LogP contribution in [0.5, 0.6) is 0 Å². The normalized spacial score (nSPS) is 15.0. The summed E-state index contributed by atoms with van der Waals surface area (Å²) in [5, 5.41) is 11.4. The smallest absolute Gasteiger partial charge is 0.222 e. The van der Waals surface area contributed by atoms with Gasteiger partial charge in [-0.25, -0.2) is 4.98 Å². The van der Waals surface area contributed by atoms with Crippen LogP contribution in [0.2, 0.25) is 0 Å². The molecular weight excluding hydrogens is 302 g/mol. The topological polar surface area (TPSA) is 95.8 Å². The number of anilines is 3. The summed E-state index contributed by atoms with van der Waals surface area (Å²) in [5.41, 5.74) is 8.77. The number of rotatable bonds is 3. The van der Waals surface area contributed by atoms with Crippen molar-refractivity contribution in [3.63, 3.8) is 0 Å². The molecular formula is C17H21N7. The van der Waals surface area contributed by atoms with Gasteiger partial charge in [-0.1, -0.05) is 6.07 Å². The van der Waals surface area contributed by atoms with E-state index in [0.717, 1.165) is 46.9 Å². The molecule has 1 aromatic carbocycles. The van der Waals surface area contributed by atoms with Gasteiger partial charge in [0.15, 0.2) is 5.82 Å². The summed E-state index contributed by atoms with van der Waals surface area (Å²) in [7, 11) is 1.86. The zero-order chi connectivity index (χ0) is 16.5. The molecule has 24 heavy (non-hydrogen) atoms. The molecule has 4 rings (SSSR count). The van der Waals surface area contributed by atoms with Crippen molar-refractivity contribution in [2.45, 2.75) is 19.3 Å². The first-order valence-corrected chi connectivity index (χ1v) is 8.30. The van der Waals surface area contributed by atoms with E-state index in [9.17, 15) is 0 Å². The molecule has 0 atom stereocenters. The van der Waals surface area contributed by atoms with E-state index in [-0.39, 0.29) is 0 Å². The maximum Gasteiger partial charge on any atom is 0.222 e. The Bertz CT molecular complexity index is 865. The fraction of sp³-hybridized carbons (Fsp3) is 0.353. The van der Waals surface area contributed by atoms with Crippen LogP contribution in [0.15, 0.2) is 24.3 Å². The second kappa shape index (κ2) is 5.99. The summed E-state index contributed by atoms with van der Waals surface area (Å²) in [6.45, 7) is 2.06. The van der Waals surface area contributed by atoms with Crippen LogP contribution in [0.1, 0.15) is 19.3 Å². The number of hydrogen-bond acceptors (Lipinski definition) is 6. The lowest BCUT2D eigenvalue weighted by Crippen LogP contribution is -2.30. The fourth-order valence-corrected chi connectivity index (χ4v) is 3.25. The Hall–Kier alpha value is -2.83. The van der Waals surface area contributed by atoms with Gasteiger partial charge in [0.25, 0.3) is 0 Å². The van der Waals surface area contributed by atoms with E-state index in [0.29, 0.717) is 5.95 Å². The van der Waals surface area contributed by atoms with Crippen LogP contribution < -0.4 is 16.0 Å². The fourth-order valence-electron chi connectivity index (χ4n) is 3.25. The average molecular weight is 323 g/mol. The molecule has 0 bridgehead atoms. The van der Waals surface area contributed by atoms with Gasteiger partial charge in [0.1, 0.15) is 5.82 Å². The van der Waals surface area contributed by atoms with E-state index in [4.69, 9.17) is 5.73 Å². The second-order valence-corrected chi connectivity index (χ2v) is 6.10. The van der Waals surface area contributed by atoms with Crippen molar-refractivity contribution in [3.8, 4) is 11.3 Å². The number of benzene rings is 1. The van der Waals surface area contributed by atoms with Gasteiger partial charge >= 0.3 is 0 Å². The first kappa shape index (κ1) is 14.7. The first-order valence-electron chi connectivity index (χ1n) is 8.30. The Morgan fingerprint density at radius 1 is 1.12 bits per heavy atom. The van der Waals surface area contributed by atoms with Gasteiger partial charge in [-0.2, -0.15) is 10.1 Å². The van der Waals surface area contributed by atoms with E-state index < -0.39 is 0 Å². The van der Waals surface area contributed by atoms with Crippen molar-refractivity contribution in [1.29, 1.82) is 0 Å². The summed E-state index contributed by atoms with van der Waals surface area (Å²) in [6.07, 6.45) is 3.69. The van der Waals surface area contributed by atoms with Gasteiger partial charge in [0, 0.05) is 37.2 Å². The van der Waals surface area contributed by atoms with E-state index in [1.165, 1.54) is 19.3 Å². The first-order chi connectivity index (χ1) is 11.7. The zero-order valence-electron chi connectivity index (χ0n) is 13.7. The molecule has 1 aliphatic heterocycles. The molecule has 0 unspecified atom stereocenters.